The van der Waals surface area contributed by atoms with E-state index in [1.54, 1.807) is 26.1 Å². The third-order valence-corrected chi connectivity index (χ3v) is 4.94. The summed E-state index contributed by atoms with van der Waals surface area (Å²) < 4.78 is 40.1. The molecule has 1 heterocycles. The Morgan fingerprint density at radius 1 is 1.33 bits per heavy atom. The number of hydrogen-bond donors (Lipinski definition) is 1. The minimum atomic E-state index is -3.82. The van der Waals surface area contributed by atoms with Crippen LogP contribution < -0.4 is 9.62 Å². The fraction of sp³-hybridized carbons (Fsp3) is 0.214. The van der Waals surface area contributed by atoms with Crippen LogP contribution in [0.3, 0.4) is 0 Å². The van der Waals surface area contributed by atoms with Crippen LogP contribution in [0.1, 0.15) is 6.92 Å². The van der Waals surface area contributed by atoms with Crippen LogP contribution in [0.15, 0.2) is 47.6 Å². The van der Waals surface area contributed by atoms with E-state index >= 15 is 0 Å². The smallest absolute Gasteiger partial charge is 0.267 e. The highest BCUT2D eigenvalue weighted by Crippen LogP contribution is 2.27. The molecule has 21 heavy (non-hydrogen) atoms. The topological polar surface area (TPSA) is 62.3 Å². The van der Waals surface area contributed by atoms with Gasteiger partial charge < -0.3 is 5.32 Å². The molecule has 5 nitrogen and oxygen atoms in total. The lowest BCUT2D eigenvalue weighted by Crippen LogP contribution is -2.31. The first-order valence-electron chi connectivity index (χ1n) is 6.40. The number of benzene rings is 1. The van der Waals surface area contributed by atoms with Crippen LogP contribution in [0, 0.1) is 5.82 Å². The number of aromatic nitrogens is 1. The molecule has 0 bridgehead atoms. The molecule has 0 spiro atoms. The monoisotopic (exact) mass is 309 g/mol. The van der Waals surface area contributed by atoms with E-state index in [2.05, 4.69) is 10.3 Å². The molecular formula is C14H16FN3O2S. The van der Waals surface area contributed by atoms with Crippen LogP contribution in [-0.2, 0) is 10.0 Å². The van der Waals surface area contributed by atoms with E-state index in [-0.39, 0.29) is 17.1 Å². The number of anilines is 2. The summed E-state index contributed by atoms with van der Waals surface area (Å²) in [5.74, 6) is -0.485. The van der Waals surface area contributed by atoms with E-state index in [4.69, 9.17) is 0 Å². The Hall–Kier alpha value is -2.15. The van der Waals surface area contributed by atoms with Gasteiger partial charge in [-0.3, -0.25) is 9.29 Å². The average Bonchev–Trinajstić information content (AvgIpc) is 2.47. The molecule has 1 aromatic heterocycles. The van der Waals surface area contributed by atoms with Crippen LogP contribution in [0.2, 0.25) is 0 Å². The normalized spacial score (nSPS) is 11.2. The molecule has 7 heteroatoms. The predicted molar refractivity (Wildman–Crippen MR) is 80.4 cm³/mol. The molecule has 2 rings (SSSR count). The first-order chi connectivity index (χ1) is 10.0. The van der Waals surface area contributed by atoms with Crippen LogP contribution in [0.5, 0.6) is 0 Å². The van der Waals surface area contributed by atoms with Crippen molar-refractivity contribution in [2.45, 2.75) is 11.8 Å². The Bertz CT molecular complexity index is 735. The summed E-state index contributed by atoms with van der Waals surface area (Å²) in [6, 6.07) is 7.07. The van der Waals surface area contributed by atoms with Gasteiger partial charge in [0, 0.05) is 26.0 Å². The molecule has 0 unspecified atom stereocenters. The van der Waals surface area contributed by atoms with Gasteiger partial charge in [0.05, 0.1) is 11.4 Å². The summed E-state index contributed by atoms with van der Waals surface area (Å²) in [5, 5.41) is 2.82. The van der Waals surface area contributed by atoms with Crippen molar-refractivity contribution in [1.29, 1.82) is 0 Å². The number of hydrogen-bond acceptors (Lipinski definition) is 4. The van der Waals surface area contributed by atoms with Crippen molar-refractivity contribution in [3.63, 3.8) is 0 Å². The van der Waals surface area contributed by atoms with Crippen molar-refractivity contribution < 1.29 is 12.8 Å². The van der Waals surface area contributed by atoms with Crippen molar-refractivity contribution in [1.82, 2.24) is 4.98 Å². The number of halogens is 1. The van der Waals surface area contributed by atoms with Gasteiger partial charge in [0.25, 0.3) is 10.0 Å². The third kappa shape index (κ3) is 2.97. The molecule has 0 radical (unpaired) electrons. The maximum Gasteiger partial charge on any atom is 0.267 e. The molecule has 0 fully saturated rings. The van der Waals surface area contributed by atoms with Crippen molar-refractivity contribution in [2.75, 3.05) is 23.2 Å². The molecular weight excluding hydrogens is 293 g/mol. The quantitative estimate of drug-likeness (QED) is 0.921. The summed E-state index contributed by atoms with van der Waals surface area (Å²) in [4.78, 5) is 3.92. The highest BCUT2D eigenvalue weighted by atomic mass is 32.2. The molecule has 0 aliphatic carbocycles. The van der Waals surface area contributed by atoms with Gasteiger partial charge in [-0.15, -0.1) is 0 Å². The zero-order chi connectivity index (χ0) is 15.5. The maximum absolute atomic E-state index is 13.4. The standard InChI is InChI=1S/C14H16FN3O2S/c1-3-18(12-6-4-5-11(15)9-12)21(19,20)14-10-17-8-7-13(14)16-2/h4-10H,3H2,1-2H3,(H,16,17). The van der Waals surface area contributed by atoms with Crippen LogP contribution in [0.4, 0.5) is 15.8 Å². The zero-order valence-corrected chi connectivity index (χ0v) is 12.6. The number of rotatable bonds is 5. The van der Waals surface area contributed by atoms with Crippen molar-refractivity contribution in [2.24, 2.45) is 0 Å². The van der Waals surface area contributed by atoms with E-state index in [9.17, 15) is 12.8 Å². The van der Waals surface area contributed by atoms with Crippen LogP contribution >= 0.6 is 0 Å². The van der Waals surface area contributed by atoms with E-state index in [1.807, 2.05) is 0 Å². The Morgan fingerprint density at radius 2 is 2.10 bits per heavy atom. The largest absolute Gasteiger partial charge is 0.387 e. The van der Waals surface area contributed by atoms with Gasteiger partial charge in [-0.25, -0.2) is 12.8 Å². The fourth-order valence-electron chi connectivity index (χ4n) is 2.03. The van der Waals surface area contributed by atoms with Crippen LogP contribution in [0.25, 0.3) is 0 Å². The Labute approximate surface area is 123 Å². The molecule has 2 aromatic rings. The molecule has 112 valence electrons. The van der Waals surface area contributed by atoms with Gasteiger partial charge in [0.1, 0.15) is 10.7 Å². The highest BCUT2D eigenvalue weighted by Gasteiger charge is 2.26. The number of nitrogens with one attached hydrogen (secondary N) is 1. The molecule has 0 saturated heterocycles. The van der Waals surface area contributed by atoms with E-state index < -0.39 is 15.8 Å². The summed E-state index contributed by atoms with van der Waals surface area (Å²) in [7, 11) is -2.19. The zero-order valence-electron chi connectivity index (χ0n) is 11.7. The van der Waals surface area contributed by atoms with Gasteiger partial charge >= 0.3 is 0 Å². The summed E-state index contributed by atoms with van der Waals surface area (Å²) >= 11 is 0. The average molecular weight is 309 g/mol. The van der Waals surface area contributed by atoms with E-state index in [0.717, 1.165) is 4.31 Å². The van der Waals surface area contributed by atoms with E-state index in [0.29, 0.717) is 5.69 Å². The lowest BCUT2D eigenvalue weighted by molar-refractivity contribution is 0.591. The van der Waals surface area contributed by atoms with Crippen molar-refractivity contribution in [3.05, 3.63) is 48.5 Å². The molecule has 0 saturated carbocycles. The first-order valence-corrected chi connectivity index (χ1v) is 7.84. The molecule has 0 amide bonds. The second kappa shape index (κ2) is 6.09. The summed E-state index contributed by atoms with van der Waals surface area (Å²) in [5.41, 5.74) is 0.725. The SMILES string of the molecule is CCN(c1cccc(F)c1)S(=O)(=O)c1cnccc1NC. The lowest BCUT2D eigenvalue weighted by atomic mass is 10.3. The van der Waals surface area contributed by atoms with Crippen molar-refractivity contribution >= 4 is 21.4 Å². The molecule has 1 N–H and O–H groups in total. The predicted octanol–water partition coefficient (Wildman–Crippen LogP) is 2.48. The second-order valence-electron chi connectivity index (χ2n) is 4.27. The maximum atomic E-state index is 13.4. The highest BCUT2D eigenvalue weighted by molar-refractivity contribution is 7.93. The van der Waals surface area contributed by atoms with Gasteiger partial charge in [-0.1, -0.05) is 6.07 Å². The minimum absolute atomic E-state index is 0.0543. The molecule has 0 aliphatic heterocycles. The van der Waals surface area contributed by atoms with Crippen LogP contribution in [-0.4, -0.2) is 27.0 Å². The summed E-state index contributed by atoms with van der Waals surface area (Å²) in [6.07, 6.45) is 2.78. The lowest BCUT2D eigenvalue weighted by Gasteiger charge is -2.23. The molecule has 0 atom stereocenters. The van der Waals surface area contributed by atoms with E-state index in [1.165, 1.54) is 30.6 Å². The van der Waals surface area contributed by atoms with Gasteiger partial charge in [-0.2, -0.15) is 0 Å². The Morgan fingerprint density at radius 3 is 2.71 bits per heavy atom. The van der Waals surface area contributed by atoms with Gasteiger partial charge in [-0.05, 0) is 31.2 Å². The van der Waals surface area contributed by atoms with Gasteiger partial charge in [0.15, 0.2) is 0 Å². The van der Waals surface area contributed by atoms with Crippen molar-refractivity contribution in [3.8, 4) is 0 Å². The number of pyridine rings is 1. The molecule has 0 aliphatic rings. The summed E-state index contributed by atoms with van der Waals surface area (Å²) in [6.45, 7) is 1.88. The minimum Gasteiger partial charge on any atom is -0.387 e. The second-order valence-corrected chi connectivity index (χ2v) is 6.10. The third-order valence-electron chi connectivity index (χ3n) is 3.01. The molecule has 1 aromatic carbocycles. The first kappa shape index (κ1) is 15.2. The Balaban J connectivity index is 2.55. The number of sulfonamides is 1. The number of nitrogens with zero attached hydrogens (tertiary/aromatic N) is 2. The Kier molecular flexibility index (Phi) is 4.42. The fourth-order valence-corrected chi connectivity index (χ4v) is 3.64. The van der Waals surface area contributed by atoms with Gasteiger partial charge in [0.2, 0.25) is 0 Å².